The Morgan fingerprint density at radius 1 is 1.39 bits per heavy atom. The van der Waals surface area contributed by atoms with Crippen molar-refractivity contribution in [3.8, 4) is 10.4 Å². The minimum absolute atomic E-state index is 0. The number of hydrogen-bond donors (Lipinski definition) is 1. The van der Waals surface area contributed by atoms with Crippen LogP contribution in [0.3, 0.4) is 0 Å². The number of aryl methyl sites for hydroxylation is 1. The van der Waals surface area contributed by atoms with Crippen LogP contribution < -0.4 is 5.32 Å². The van der Waals surface area contributed by atoms with Crippen molar-refractivity contribution in [1.82, 2.24) is 10.3 Å². The first kappa shape index (κ1) is 20.4. The second-order valence-electron chi connectivity index (χ2n) is 5.25. The third-order valence-corrected chi connectivity index (χ3v) is 4.69. The molecule has 3 N–H and O–H groups in total. The van der Waals surface area contributed by atoms with Crippen molar-refractivity contribution < 1.29 is 37.5 Å². The van der Waals surface area contributed by atoms with Crippen LogP contribution in [0.15, 0.2) is 29.8 Å². The van der Waals surface area contributed by atoms with Gasteiger partial charge in [-0.2, -0.15) is 0 Å². The third-order valence-electron chi connectivity index (χ3n) is 3.72. The van der Waals surface area contributed by atoms with Crippen LogP contribution in [0.2, 0.25) is 0 Å². The molecule has 0 aliphatic carbocycles. The summed E-state index contributed by atoms with van der Waals surface area (Å²) in [7, 11) is 0. The van der Waals surface area contributed by atoms with Crippen molar-refractivity contribution in [3.63, 3.8) is 0 Å². The molecule has 1 saturated heterocycles. The zero-order valence-corrected chi connectivity index (χ0v) is 16.8. The molecular weight excluding hydrogens is 385 g/mol. The molecule has 2 heterocycles. The number of nitrogens with one attached hydrogen (secondary N) is 1. The Hall–Kier alpha value is -0.656. The quantitative estimate of drug-likeness (QED) is 0.834. The number of hydrogen-bond acceptors (Lipinski definition) is 3. The number of aromatic nitrogens is 1. The van der Waals surface area contributed by atoms with Crippen LogP contribution in [0.4, 0.5) is 0 Å². The van der Waals surface area contributed by atoms with Gasteiger partial charge in [0.25, 0.3) is 0 Å². The molecule has 0 saturated carbocycles. The summed E-state index contributed by atoms with van der Waals surface area (Å²) < 4.78 is 0. The minimum atomic E-state index is -0.135. The number of nitrogens with zero attached hydrogens (tertiary/aromatic N) is 2. The topological polar surface area (TPSA) is 89.6 Å². The summed E-state index contributed by atoms with van der Waals surface area (Å²) in [6.07, 6.45) is 1.91. The fourth-order valence-corrected chi connectivity index (χ4v) is 3.31. The molecular formula is C16H20N4OSY-2. The third kappa shape index (κ3) is 5.16. The maximum atomic E-state index is 11.9. The van der Waals surface area contributed by atoms with Gasteiger partial charge in [0.2, 0.25) is 5.91 Å². The summed E-state index contributed by atoms with van der Waals surface area (Å²) >= 11 is 1.65. The fourth-order valence-electron chi connectivity index (χ4n) is 2.50. The first-order valence-electron chi connectivity index (χ1n) is 7.18. The van der Waals surface area contributed by atoms with Gasteiger partial charge in [0.1, 0.15) is 0 Å². The van der Waals surface area contributed by atoms with Gasteiger partial charge in [-0.05, 0) is 18.1 Å². The fraction of sp³-hybridized carbons (Fsp3) is 0.375. The molecule has 121 valence electrons. The molecule has 1 aromatic heterocycles. The van der Waals surface area contributed by atoms with Gasteiger partial charge < -0.3 is 16.8 Å². The van der Waals surface area contributed by atoms with Crippen LogP contribution in [0, 0.1) is 6.92 Å². The number of thiazole rings is 1. The smallest absolute Gasteiger partial charge is 0.202 e. The second kappa shape index (κ2) is 9.59. The predicted molar refractivity (Wildman–Crippen MR) is 90.7 cm³/mol. The molecule has 1 amide bonds. The Kier molecular flexibility index (Phi) is 8.50. The molecule has 3 rings (SSSR count). The van der Waals surface area contributed by atoms with Gasteiger partial charge in [0, 0.05) is 39.3 Å². The Morgan fingerprint density at radius 2 is 2.13 bits per heavy atom. The van der Waals surface area contributed by atoms with Crippen LogP contribution in [0.5, 0.6) is 0 Å². The molecule has 1 aromatic carbocycles. The molecule has 0 spiro atoms. The van der Waals surface area contributed by atoms with E-state index in [1.54, 1.807) is 11.3 Å². The van der Waals surface area contributed by atoms with Gasteiger partial charge in [-0.1, -0.05) is 43.1 Å². The van der Waals surface area contributed by atoms with E-state index in [9.17, 15) is 4.79 Å². The van der Waals surface area contributed by atoms with Crippen molar-refractivity contribution in [1.29, 1.82) is 0 Å². The van der Waals surface area contributed by atoms with Crippen molar-refractivity contribution in [2.75, 3.05) is 6.54 Å². The zero-order valence-electron chi connectivity index (χ0n) is 13.2. The SMILES string of the molecule is Cc1ncsc1-c1ccc(CNC(=O)[C@@H]2CCC[N-]2)cc1.[NH2-].[Y]. The summed E-state index contributed by atoms with van der Waals surface area (Å²) in [6, 6.07) is 8.15. The molecule has 1 atom stereocenters. The van der Waals surface area contributed by atoms with Crippen LogP contribution in [0.1, 0.15) is 24.1 Å². The van der Waals surface area contributed by atoms with Gasteiger partial charge in [-0.15, -0.1) is 17.9 Å². The number of carbonyl (C=O) groups is 1. The summed E-state index contributed by atoms with van der Waals surface area (Å²) in [4.78, 5) is 17.4. The van der Waals surface area contributed by atoms with E-state index >= 15 is 0 Å². The van der Waals surface area contributed by atoms with Crippen LogP contribution in [-0.2, 0) is 44.0 Å². The largest absolute Gasteiger partial charge is 0.693 e. The average Bonchev–Trinajstić information content (AvgIpc) is 3.17. The number of benzene rings is 1. The summed E-state index contributed by atoms with van der Waals surface area (Å²) in [6.45, 7) is 3.40. The van der Waals surface area contributed by atoms with Crippen molar-refractivity contribution >= 4 is 17.2 Å². The maximum Gasteiger partial charge on any atom is 0.202 e. The monoisotopic (exact) mass is 405 g/mol. The summed E-state index contributed by atoms with van der Waals surface area (Å²) in [5.74, 6) is 0.0508. The van der Waals surface area contributed by atoms with E-state index < -0.39 is 0 Å². The number of nitrogens with two attached hydrogens (primary N) is 1. The normalized spacial score (nSPS) is 16.3. The summed E-state index contributed by atoms with van der Waals surface area (Å²) in [5.41, 5.74) is 5.20. The second-order valence-corrected chi connectivity index (χ2v) is 6.10. The predicted octanol–water partition coefficient (Wildman–Crippen LogP) is 3.99. The number of rotatable bonds is 4. The van der Waals surface area contributed by atoms with E-state index in [4.69, 9.17) is 0 Å². The molecule has 0 bridgehead atoms. The van der Waals surface area contributed by atoms with Crippen molar-refractivity contribution in [2.24, 2.45) is 0 Å². The number of carbonyl (C=O) groups excluding carboxylic acids is 1. The van der Waals surface area contributed by atoms with Crippen molar-refractivity contribution in [2.45, 2.75) is 32.4 Å². The minimum Gasteiger partial charge on any atom is -0.693 e. The van der Waals surface area contributed by atoms with Crippen molar-refractivity contribution in [3.05, 3.63) is 52.5 Å². The van der Waals surface area contributed by atoms with E-state index in [1.165, 1.54) is 10.4 Å². The molecule has 1 aliphatic heterocycles. The average molecular weight is 405 g/mol. The van der Waals surface area contributed by atoms with Gasteiger partial charge in [0.05, 0.1) is 16.1 Å². The van der Waals surface area contributed by atoms with E-state index in [0.29, 0.717) is 6.54 Å². The first-order valence-corrected chi connectivity index (χ1v) is 8.06. The van der Waals surface area contributed by atoms with Crippen LogP contribution >= 0.6 is 11.3 Å². The van der Waals surface area contributed by atoms with E-state index in [0.717, 1.165) is 30.6 Å². The Balaban J connectivity index is 0.00000132. The molecule has 1 radical (unpaired) electrons. The molecule has 0 unspecified atom stereocenters. The zero-order chi connectivity index (χ0) is 14.7. The Bertz CT molecular complexity index is 623. The van der Waals surface area contributed by atoms with Gasteiger partial charge >= 0.3 is 0 Å². The molecule has 5 nitrogen and oxygen atoms in total. The molecule has 1 aliphatic rings. The number of amides is 1. The van der Waals surface area contributed by atoms with Gasteiger partial charge in [0.15, 0.2) is 0 Å². The Labute approximate surface area is 166 Å². The van der Waals surface area contributed by atoms with Gasteiger partial charge in [-0.3, -0.25) is 4.79 Å². The molecule has 7 heteroatoms. The molecule has 23 heavy (non-hydrogen) atoms. The van der Waals surface area contributed by atoms with Gasteiger partial charge in [-0.25, -0.2) is 4.98 Å². The van der Waals surface area contributed by atoms with E-state index in [1.807, 2.05) is 12.4 Å². The van der Waals surface area contributed by atoms with E-state index in [2.05, 4.69) is 39.9 Å². The molecule has 1 fully saturated rings. The maximum absolute atomic E-state index is 11.9. The standard InChI is InChI=1S/C16H18N3OS.H2N.Y/c1-11-15(21-10-19-11)13-6-4-12(5-7-13)9-18-16(20)14-3-2-8-17-14;;/h4-7,10,14H,2-3,8-9H2,1H3,(H,18,20);1H2;/q2*-1;/t14-;;/m0../s1. The first-order chi connectivity index (χ1) is 10.2. The van der Waals surface area contributed by atoms with Crippen LogP contribution in [-0.4, -0.2) is 23.5 Å². The Morgan fingerprint density at radius 3 is 2.70 bits per heavy atom. The van der Waals surface area contributed by atoms with E-state index in [-0.39, 0.29) is 50.8 Å². The summed E-state index contributed by atoms with van der Waals surface area (Å²) in [5, 5.41) is 7.25. The molecule has 2 aromatic rings. The van der Waals surface area contributed by atoms with Crippen LogP contribution in [0.25, 0.3) is 21.9 Å².